The lowest BCUT2D eigenvalue weighted by molar-refractivity contribution is 0.189. The summed E-state index contributed by atoms with van der Waals surface area (Å²) in [6.45, 7) is 1.87. The SMILES string of the molecule is Cc1ccc(C(O)c2csc3c(Br)cccc23)o1. The van der Waals surface area contributed by atoms with Gasteiger partial charge in [0.15, 0.2) is 0 Å². The van der Waals surface area contributed by atoms with Crippen molar-refractivity contribution in [3.05, 3.63) is 57.3 Å². The van der Waals surface area contributed by atoms with E-state index in [4.69, 9.17) is 4.42 Å². The van der Waals surface area contributed by atoms with E-state index in [-0.39, 0.29) is 0 Å². The molecule has 0 aliphatic carbocycles. The first kappa shape index (κ1) is 12.0. The van der Waals surface area contributed by atoms with Gasteiger partial charge in [-0.25, -0.2) is 0 Å². The van der Waals surface area contributed by atoms with E-state index in [1.165, 1.54) is 0 Å². The van der Waals surface area contributed by atoms with Crippen LogP contribution in [-0.2, 0) is 0 Å². The van der Waals surface area contributed by atoms with Crippen LogP contribution in [0.25, 0.3) is 10.1 Å². The second kappa shape index (κ2) is 4.53. The van der Waals surface area contributed by atoms with Crippen LogP contribution in [0.5, 0.6) is 0 Å². The second-order valence-electron chi connectivity index (χ2n) is 4.16. The highest BCUT2D eigenvalue weighted by atomic mass is 79.9. The molecule has 92 valence electrons. The number of halogens is 1. The summed E-state index contributed by atoms with van der Waals surface area (Å²) in [7, 11) is 0. The molecule has 1 unspecified atom stereocenters. The largest absolute Gasteiger partial charge is 0.463 e. The third kappa shape index (κ3) is 1.90. The Hall–Kier alpha value is -1.10. The lowest BCUT2D eigenvalue weighted by atomic mass is 10.1. The maximum Gasteiger partial charge on any atom is 0.138 e. The maximum atomic E-state index is 10.4. The fourth-order valence-corrected chi connectivity index (χ4v) is 3.65. The summed E-state index contributed by atoms with van der Waals surface area (Å²) in [5, 5.41) is 13.4. The fraction of sp³-hybridized carbons (Fsp3) is 0.143. The molecule has 0 radical (unpaired) electrons. The number of thiophene rings is 1. The van der Waals surface area contributed by atoms with Gasteiger partial charge >= 0.3 is 0 Å². The van der Waals surface area contributed by atoms with E-state index >= 15 is 0 Å². The average Bonchev–Trinajstić information content (AvgIpc) is 2.95. The molecule has 3 rings (SSSR count). The number of aliphatic hydroxyl groups excluding tert-OH is 1. The summed E-state index contributed by atoms with van der Waals surface area (Å²) < 4.78 is 7.69. The normalized spacial score (nSPS) is 13.1. The van der Waals surface area contributed by atoms with Crippen molar-refractivity contribution in [1.82, 2.24) is 0 Å². The number of rotatable bonds is 2. The summed E-state index contributed by atoms with van der Waals surface area (Å²) in [5.74, 6) is 1.40. The fourth-order valence-electron chi connectivity index (χ4n) is 2.01. The first-order valence-electron chi connectivity index (χ1n) is 5.57. The minimum atomic E-state index is -0.707. The van der Waals surface area contributed by atoms with Crippen molar-refractivity contribution in [1.29, 1.82) is 0 Å². The van der Waals surface area contributed by atoms with Crippen molar-refractivity contribution in [3.8, 4) is 0 Å². The molecule has 4 heteroatoms. The summed E-state index contributed by atoms with van der Waals surface area (Å²) in [6, 6.07) is 9.68. The summed E-state index contributed by atoms with van der Waals surface area (Å²) in [6.07, 6.45) is -0.707. The highest BCUT2D eigenvalue weighted by molar-refractivity contribution is 9.10. The number of hydrogen-bond donors (Lipinski definition) is 1. The highest BCUT2D eigenvalue weighted by Crippen LogP contribution is 2.37. The molecule has 3 aromatic rings. The number of benzene rings is 1. The quantitative estimate of drug-likeness (QED) is 0.745. The third-order valence-corrected chi connectivity index (χ3v) is 4.88. The summed E-state index contributed by atoms with van der Waals surface area (Å²) in [4.78, 5) is 0. The van der Waals surface area contributed by atoms with Crippen molar-refractivity contribution < 1.29 is 9.52 Å². The van der Waals surface area contributed by atoms with E-state index in [0.717, 1.165) is 25.9 Å². The molecule has 2 aromatic heterocycles. The van der Waals surface area contributed by atoms with E-state index in [0.29, 0.717) is 5.76 Å². The Bertz CT molecular complexity index is 699. The van der Waals surface area contributed by atoms with Gasteiger partial charge in [-0.2, -0.15) is 0 Å². The van der Waals surface area contributed by atoms with E-state index in [9.17, 15) is 5.11 Å². The molecule has 1 atom stereocenters. The van der Waals surface area contributed by atoms with Crippen LogP contribution in [0.2, 0.25) is 0 Å². The van der Waals surface area contributed by atoms with Gasteiger partial charge in [0.2, 0.25) is 0 Å². The van der Waals surface area contributed by atoms with Crippen LogP contribution < -0.4 is 0 Å². The van der Waals surface area contributed by atoms with Crippen molar-refractivity contribution in [2.45, 2.75) is 13.0 Å². The molecular formula is C14H11BrO2S. The molecule has 2 nitrogen and oxygen atoms in total. The minimum Gasteiger partial charge on any atom is -0.463 e. The first-order valence-corrected chi connectivity index (χ1v) is 7.24. The van der Waals surface area contributed by atoms with Crippen LogP contribution in [0.3, 0.4) is 0 Å². The number of aliphatic hydroxyl groups is 1. The van der Waals surface area contributed by atoms with E-state index in [2.05, 4.69) is 15.9 Å². The second-order valence-corrected chi connectivity index (χ2v) is 5.89. The smallest absolute Gasteiger partial charge is 0.138 e. The third-order valence-electron chi connectivity index (χ3n) is 2.91. The van der Waals surface area contributed by atoms with Gasteiger partial charge in [-0.15, -0.1) is 11.3 Å². The number of fused-ring (bicyclic) bond motifs is 1. The predicted molar refractivity (Wildman–Crippen MR) is 77.0 cm³/mol. The molecule has 1 N–H and O–H groups in total. The van der Waals surface area contributed by atoms with Gasteiger partial charge < -0.3 is 9.52 Å². The Morgan fingerprint density at radius 2 is 2.11 bits per heavy atom. The lowest BCUT2D eigenvalue weighted by Gasteiger charge is -2.06. The standard InChI is InChI=1S/C14H11BrO2S/c1-8-5-6-12(17-8)13(16)10-7-18-14-9(10)3-2-4-11(14)15/h2-7,13,16H,1H3. The van der Waals surface area contributed by atoms with Gasteiger partial charge in [0, 0.05) is 14.7 Å². The van der Waals surface area contributed by atoms with E-state index < -0.39 is 6.10 Å². The molecule has 0 amide bonds. The van der Waals surface area contributed by atoms with Crippen LogP contribution in [0.15, 0.2) is 44.6 Å². The van der Waals surface area contributed by atoms with Crippen molar-refractivity contribution in [2.75, 3.05) is 0 Å². The zero-order valence-electron chi connectivity index (χ0n) is 9.68. The van der Waals surface area contributed by atoms with Crippen LogP contribution >= 0.6 is 27.3 Å². The zero-order chi connectivity index (χ0) is 12.7. The van der Waals surface area contributed by atoms with Gasteiger partial charge in [0.25, 0.3) is 0 Å². The average molecular weight is 323 g/mol. The minimum absolute atomic E-state index is 0.590. The van der Waals surface area contributed by atoms with Gasteiger partial charge in [-0.1, -0.05) is 12.1 Å². The molecule has 0 fully saturated rings. The number of furan rings is 1. The number of hydrogen-bond acceptors (Lipinski definition) is 3. The Balaban J connectivity index is 2.12. The van der Waals surface area contributed by atoms with Gasteiger partial charge in [-0.05, 0) is 51.8 Å². The number of aryl methyl sites for hydroxylation is 1. The topological polar surface area (TPSA) is 33.4 Å². The Morgan fingerprint density at radius 3 is 2.83 bits per heavy atom. The van der Waals surface area contributed by atoms with E-state index in [1.807, 2.05) is 42.6 Å². The Labute approximate surface area is 117 Å². The van der Waals surface area contributed by atoms with Gasteiger partial charge in [0.05, 0.1) is 0 Å². The van der Waals surface area contributed by atoms with E-state index in [1.54, 1.807) is 11.3 Å². The molecule has 18 heavy (non-hydrogen) atoms. The Kier molecular flexibility index (Phi) is 3.01. The molecular weight excluding hydrogens is 312 g/mol. The molecule has 2 heterocycles. The summed E-state index contributed by atoms with van der Waals surface area (Å²) in [5.41, 5.74) is 0.894. The summed E-state index contributed by atoms with van der Waals surface area (Å²) >= 11 is 5.15. The highest BCUT2D eigenvalue weighted by Gasteiger charge is 2.18. The Morgan fingerprint density at radius 1 is 1.28 bits per heavy atom. The molecule has 0 saturated carbocycles. The molecule has 0 saturated heterocycles. The van der Waals surface area contributed by atoms with Crippen LogP contribution in [0.1, 0.15) is 23.2 Å². The van der Waals surface area contributed by atoms with Gasteiger partial charge in [-0.3, -0.25) is 0 Å². The van der Waals surface area contributed by atoms with Crippen LogP contribution in [0.4, 0.5) is 0 Å². The molecule has 0 aliphatic rings. The lowest BCUT2D eigenvalue weighted by Crippen LogP contribution is -1.96. The van der Waals surface area contributed by atoms with Crippen molar-refractivity contribution >= 4 is 37.4 Å². The molecule has 1 aromatic carbocycles. The van der Waals surface area contributed by atoms with Crippen LogP contribution in [-0.4, -0.2) is 5.11 Å². The van der Waals surface area contributed by atoms with Crippen molar-refractivity contribution in [3.63, 3.8) is 0 Å². The molecule has 0 aliphatic heterocycles. The van der Waals surface area contributed by atoms with Crippen molar-refractivity contribution in [2.24, 2.45) is 0 Å². The zero-order valence-corrected chi connectivity index (χ0v) is 12.1. The monoisotopic (exact) mass is 322 g/mol. The predicted octanol–water partition coefficient (Wildman–Crippen LogP) is 4.65. The maximum absolute atomic E-state index is 10.4. The van der Waals surface area contributed by atoms with Gasteiger partial charge in [0.1, 0.15) is 17.6 Å². The molecule has 0 bridgehead atoms. The first-order chi connectivity index (χ1) is 8.66. The van der Waals surface area contributed by atoms with Crippen LogP contribution in [0, 0.1) is 6.92 Å². The molecule has 0 spiro atoms.